The SMILES string of the molecule is CCOc1cc(COc2ccc(/C=C(\C#N)C(=O)Nc3cccc(C)c3)cc2)ccc1OCc1ccccc1. The van der Waals surface area contributed by atoms with E-state index in [1.807, 2.05) is 86.6 Å². The minimum atomic E-state index is -0.454. The lowest BCUT2D eigenvalue weighted by Crippen LogP contribution is -2.13. The van der Waals surface area contributed by atoms with Crippen LogP contribution in [0.1, 0.15) is 29.2 Å². The van der Waals surface area contributed by atoms with Gasteiger partial charge in [0, 0.05) is 5.69 Å². The van der Waals surface area contributed by atoms with Gasteiger partial charge in [0.15, 0.2) is 11.5 Å². The van der Waals surface area contributed by atoms with Crippen molar-refractivity contribution < 1.29 is 19.0 Å². The molecule has 0 heterocycles. The number of carbonyl (C=O) groups is 1. The molecular weight excluding hydrogens is 488 g/mol. The number of hydrogen-bond donors (Lipinski definition) is 1. The molecule has 0 saturated heterocycles. The summed E-state index contributed by atoms with van der Waals surface area (Å²) in [5, 5.41) is 12.3. The second kappa shape index (κ2) is 13.5. The summed E-state index contributed by atoms with van der Waals surface area (Å²) in [5.41, 5.74) is 4.43. The number of nitriles is 1. The zero-order valence-corrected chi connectivity index (χ0v) is 22.0. The smallest absolute Gasteiger partial charge is 0.266 e. The summed E-state index contributed by atoms with van der Waals surface area (Å²) in [7, 11) is 0. The van der Waals surface area contributed by atoms with Crippen molar-refractivity contribution in [3.63, 3.8) is 0 Å². The third-order valence-electron chi connectivity index (χ3n) is 5.78. The summed E-state index contributed by atoms with van der Waals surface area (Å²) in [6.07, 6.45) is 1.55. The van der Waals surface area contributed by atoms with Crippen LogP contribution in [0.25, 0.3) is 6.08 Å². The molecule has 4 aromatic rings. The molecule has 0 fully saturated rings. The summed E-state index contributed by atoms with van der Waals surface area (Å²) >= 11 is 0. The van der Waals surface area contributed by atoms with Crippen LogP contribution in [0.2, 0.25) is 0 Å². The molecule has 0 saturated carbocycles. The number of aryl methyl sites for hydroxylation is 1. The number of hydrogen-bond acceptors (Lipinski definition) is 5. The topological polar surface area (TPSA) is 80.6 Å². The van der Waals surface area contributed by atoms with Crippen LogP contribution in [-0.2, 0) is 18.0 Å². The molecular formula is C33H30N2O4. The van der Waals surface area contributed by atoms with Crippen molar-refractivity contribution in [3.05, 3.63) is 125 Å². The highest BCUT2D eigenvalue weighted by molar-refractivity contribution is 6.09. The zero-order chi connectivity index (χ0) is 27.5. The Labute approximate surface area is 229 Å². The molecule has 6 heteroatoms. The molecule has 0 radical (unpaired) electrons. The fraction of sp³-hybridized carbons (Fsp3) is 0.152. The highest BCUT2D eigenvalue weighted by Crippen LogP contribution is 2.30. The first kappa shape index (κ1) is 27.0. The van der Waals surface area contributed by atoms with Crippen LogP contribution in [0.5, 0.6) is 17.2 Å². The van der Waals surface area contributed by atoms with Gasteiger partial charge in [-0.1, -0.05) is 60.7 Å². The lowest BCUT2D eigenvalue weighted by molar-refractivity contribution is -0.112. The van der Waals surface area contributed by atoms with Gasteiger partial charge in [0.1, 0.15) is 30.6 Å². The second-order valence-electron chi connectivity index (χ2n) is 8.84. The molecule has 0 spiro atoms. The first-order valence-electron chi connectivity index (χ1n) is 12.7. The Morgan fingerprint density at radius 3 is 2.31 bits per heavy atom. The Morgan fingerprint density at radius 1 is 0.821 bits per heavy atom. The Morgan fingerprint density at radius 2 is 1.59 bits per heavy atom. The number of rotatable bonds is 11. The maximum atomic E-state index is 12.6. The van der Waals surface area contributed by atoms with Crippen molar-refractivity contribution in [2.75, 3.05) is 11.9 Å². The van der Waals surface area contributed by atoms with Crippen LogP contribution in [0.4, 0.5) is 5.69 Å². The Bertz CT molecular complexity index is 1470. The van der Waals surface area contributed by atoms with E-state index in [9.17, 15) is 10.1 Å². The summed E-state index contributed by atoms with van der Waals surface area (Å²) in [6, 6.07) is 32.4. The average Bonchev–Trinajstić information content (AvgIpc) is 2.95. The van der Waals surface area contributed by atoms with E-state index in [-0.39, 0.29) is 5.57 Å². The highest BCUT2D eigenvalue weighted by atomic mass is 16.5. The number of anilines is 1. The van der Waals surface area contributed by atoms with Gasteiger partial charge < -0.3 is 19.5 Å². The molecule has 1 amide bonds. The largest absolute Gasteiger partial charge is 0.490 e. The summed E-state index contributed by atoms with van der Waals surface area (Å²) < 4.78 is 17.7. The number of carbonyl (C=O) groups excluding carboxylic acids is 1. The van der Waals surface area contributed by atoms with Gasteiger partial charge in [0.05, 0.1) is 6.61 Å². The van der Waals surface area contributed by atoms with E-state index in [4.69, 9.17) is 14.2 Å². The fourth-order valence-electron chi connectivity index (χ4n) is 3.83. The van der Waals surface area contributed by atoms with Crippen LogP contribution in [0, 0.1) is 18.3 Å². The van der Waals surface area contributed by atoms with E-state index in [2.05, 4.69) is 5.32 Å². The van der Waals surface area contributed by atoms with Crippen molar-refractivity contribution in [2.24, 2.45) is 0 Å². The van der Waals surface area contributed by atoms with Gasteiger partial charge in [-0.2, -0.15) is 5.26 Å². The van der Waals surface area contributed by atoms with E-state index in [0.29, 0.717) is 42.8 Å². The lowest BCUT2D eigenvalue weighted by atomic mass is 10.1. The van der Waals surface area contributed by atoms with E-state index >= 15 is 0 Å². The minimum absolute atomic E-state index is 0.0169. The number of ether oxygens (including phenoxy) is 3. The number of amides is 1. The first-order chi connectivity index (χ1) is 19.0. The normalized spacial score (nSPS) is 10.8. The molecule has 4 aromatic carbocycles. The molecule has 1 N–H and O–H groups in total. The molecule has 39 heavy (non-hydrogen) atoms. The van der Waals surface area contributed by atoms with Crippen LogP contribution < -0.4 is 19.5 Å². The molecule has 0 bridgehead atoms. The molecule has 0 aromatic heterocycles. The van der Waals surface area contributed by atoms with Gasteiger partial charge in [0.25, 0.3) is 5.91 Å². The van der Waals surface area contributed by atoms with E-state index < -0.39 is 5.91 Å². The van der Waals surface area contributed by atoms with Gasteiger partial charge in [-0.3, -0.25) is 4.79 Å². The molecule has 196 valence electrons. The van der Waals surface area contributed by atoms with Crippen molar-refractivity contribution >= 4 is 17.7 Å². The van der Waals surface area contributed by atoms with Crippen LogP contribution >= 0.6 is 0 Å². The van der Waals surface area contributed by atoms with Gasteiger partial charge in [0.2, 0.25) is 0 Å². The van der Waals surface area contributed by atoms with Gasteiger partial charge in [-0.15, -0.1) is 0 Å². The van der Waals surface area contributed by atoms with Crippen LogP contribution in [0.15, 0.2) is 103 Å². The predicted molar refractivity (Wildman–Crippen MR) is 153 cm³/mol. The van der Waals surface area contributed by atoms with Crippen molar-refractivity contribution in [3.8, 4) is 23.3 Å². The van der Waals surface area contributed by atoms with E-state index in [0.717, 1.165) is 22.3 Å². The third kappa shape index (κ3) is 7.98. The number of nitrogens with zero attached hydrogens (tertiary/aromatic N) is 1. The average molecular weight is 519 g/mol. The van der Waals surface area contributed by atoms with Crippen molar-refractivity contribution in [1.29, 1.82) is 5.26 Å². The highest BCUT2D eigenvalue weighted by Gasteiger charge is 2.11. The van der Waals surface area contributed by atoms with Gasteiger partial charge in [-0.05, 0) is 78.6 Å². The standard InChI is InChI=1S/C33H30N2O4/c1-3-37-32-20-27(14-17-31(32)39-22-26-9-5-4-6-10-26)23-38-30-15-12-25(13-16-30)19-28(21-34)33(36)35-29-11-7-8-24(2)18-29/h4-20H,3,22-23H2,1-2H3,(H,35,36)/b28-19+. The quantitative estimate of drug-likeness (QED) is 0.169. The summed E-state index contributed by atoms with van der Waals surface area (Å²) in [5.74, 6) is 1.56. The first-order valence-corrected chi connectivity index (χ1v) is 12.7. The van der Waals surface area contributed by atoms with Gasteiger partial charge in [-0.25, -0.2) is 0 Å². The fourth-order valence-corrected chi connectivity index (χ4v) is 3.83. The second-order valence-corrected chi connectivity index (χ2v) is 8.84. The van der Waals surface area contributed by atoms with Crippen molar-refractivity contribution in [1.82, 2.24) is 0 Å². The molecule has 4 rings (SSSR count). The minimum Gasteiger partial charge on any atom is -0.490 e. The van der Waals surface area contributed by atoms with E-state index in [1.54, 1.807) is 36.4 Å². The van der Waals surface area contributed by atoms with Crippen molar-refractivity contribution in [2.45, 2.75) is 27.1 Å². The van der Waals surface area contributed by atoms with E-state index in [1.165, 1.54) is 0 Å². The Hall–Kier alpha value is -5.02. The molecule has 0 aliphatic carbocycles. The molecule has 6 nitrogen and oxygen atoms in total. The van der Waals surface area contributed by atoms with Gasteiger partial charge >= 0.3 is 0 Å². The molecule has 0 aliphatic heterocycles. The predicted octanol–water partition coefficient (Wildman–Crippen LogP) is 7.10. The lowest BCUT2D eigenvalue weighted by Gasteiger charge is -2.14. The maximum absolute atomic E-state index is 12.6. The maximum Gasteiger partial charge on any atom is 0.266 e. The number of benzene rings is 4. The summed E-state index contributed by atoms with van der Waals surface area (Å²) in [6.45, 7) is 5.20. The number of nitrogens with one attached hydrogen (secondary N) is 1. The molecule has 0 atom stereocenters. The Kier molecular flexibility index (Phi) is 9.36. The molecule has 0 aliphatic rings. The third-order valence-corrected chi connectivity index (χ3v) is 5.78. The Balaban J connectivity index is 1.36. The van der Waals surface area contributed by atoms with Crippen LogP contribution in [-0.4, -0.2) is 12.5 Å². The monoisotopic (exact) mass is 518 g/mol. The molecule has 0 unspecified atom stereocenters. The van der Waals surface area contributed by atoms with Crippen LogP contribution in [0.3, 0.4) is 0 Å². The zero-order valence-electron chi connectivity index (χ0n) is 22.0. The summed E-state index contributed by atoms with van der Waals surface area (Å²) in [4.78, 5) is 12.6.